The smallest absolute Gasteiger partial charge is 0.326 e. The molecule has 104 valence electrons. The summed E-state index contributed by atoms with van der Waals surface area (Å²) in [5, 5.41) is 19.5. The molecule has 18 heavy (non-hydrogen) atoms. The third-order valence-corrected chi connectivity index (χ3v) is 2.78. The lowest BCUT2D eigenvalue weighted by Crippen LogP contribution is -2.45. The van der Waals surface area contributed by atoms with Gasteiger partial charge in [0.25, 0.3) is 0 Å². The second kappa shape index (κ2) is 8.76. The Kier molecular flexibility index (Phi) is 8.14. The van der Waals surface area contributed by atoms with E-state index in [1.807, 2.05) is 0 Å². The summed E-state index contributed by atoms with van der Waals surface area (Å²) in [5.41, 5.74) is 5.32. The number of nitrogens with two attached hydrogens (primary N) is 1. The highest BCUT2D eigenvalue weighted by Crippen LogP contribution is 2.09. The van der Waals surface area contributed by atoms with Crippen LogP contribution in [0.1, 0.15) is 19.3 Å². The largest absolute Gasteiger partial charge is 0.481 e. The van der Waals surface area contributed by atoms with Crippen LogP contribution in [0.4, 0.5) is 0 Å². The van der Waals surface area contributed by atoms with E-state index in [0.29, 0.717) is 19.4 Å². The second-order valence-corrected chi connectivity index (χ2v) is 4.17. The van der Waals surface area contributed by atoms with Crippen LogP contribution in [-0.4, -0.2) is 46.4 Å². The first-order valence-electron chi connectivity index (χ1n) is 5.48. The van der Waals surface area contributed by atoms with Crippen molar-refractivity contribution in [3.05, 3.63) is 0 Å². The van der Waals surface area contributed by atoms with E-state index in [1.54, 1.807) is 0 Å². The normalized spacial score (nSPS) is 13.7. The average molecular weight is 278 g/mol. The van der Waals surface area contributed by atoms with Crippen LogP contribution < -0.4 is 11.1 Å². The molecule has 0 radical (unpaired) electrons. The number of carbonyl (C=O) groups is 3. The van der Waals surface area contributed by atoms with Crippen molar-refractivity contribution in [1.82, 2.24) is 5.32 Å². The van der Waals surface area contributed by atoms with Crippen LogP contribution in [0.5, 0.6) is 0 Å². The zero-order chi connectivity index (χ0) is 14.1. The number of hydrogen-bond acceptors (Lipinski definition) is 5. The summed E-state index contributed by atoms with van der Waals surface area (Å²) < 4.78 is 0. The first kappa shape index (κ1) is 16.7. The molecule has 8 heteroatoms. The summed E-state index contributed by atoms with van der Waals surface area (Å²) in [4.78, 5) is 33.0. The topological polar surface area (TPSA) is 130 Å². The maximum atomic E-state index is 11.7. The van der Waals surface area contributed by atoms with Gasteiger partial charge in [0.1, 0.15) is 6.04 Å². The van der Waals surface area contributed by atoms with E-state index in [4.69, 9.17) is 15.9 Å². The van der Waals surface area contributed by atoms with Gasteiger partial charge in [-0.2, -0.15) is 12.6 Å². The third kappa shape index (κ3) is 6.45. The van der Waals surface area contributed by atoms with E-state index >= 15 is 0 Å². The molecule has 2 atom stereocenters. The van der Waals surface area contributed by atoms with Crippen LogP contribution in [0.15, 0.2) is 0 Å². The lowest BCUT2D eigenvalue weighted by Gasteiger charge is -2.17. The van der Waals surface area contributed by atoms with Crippen LogP contribution in [0, 0.1) is 5.92 Å². The highest BCUT2D eigenvalue weighted by Gasteiger charge is 2.26. The van der Waals surface area contributed by atoms with Gasteiger partial charge in [0.2, 0.25) is 5.91 Å². The molecule has 0 aliphatic rings. The van der Waals surface area contributed by atoms with Crippen molar-refractivity contribution in [3.63, 3.8) is 0 Å². The fourth-order valence-corrected chi connectivity index (χ4v) is 1.68. The SMILES string of the molecule is NCCCC(CS)C(=O)N[C@@H](CC(=O)O)C(=O)O. The minimum atomic E-state index is -1.42. The molecule has 0 bridgehead atoms. The standard InChI is InChI=1S/C10H18N2O5S/c11-3-1-2-6(5-18)9(15)12-7(10(16)17)4-8(13)14/h6-7,18H,1-5,11H2,(H,12,15)(H,13,14)(H,16,17)/t6?,7-/m0/s1. The molecule has 0 aliphatic carbocycles. The van der Waals surface area contributed by atoms with Crippen molar-refractivity contribution in [2.75, 3.05) is 12.3 Å². The van der Waals surface area contributed by atoms with E-state index in [9.17, 15) is 14.4 Å². The molecule has 0 saturated heterocycles. The molecule has 1 unspecified atom stereocenters. The van der Waals surface area contributed by atoms with Crippen molar-refractivity contribution in [2.24, 2.45) is 11.7 Å². The summed E-state index contributed by atoms with van der Waals surface area (Å²) in [6, 6.07) is -1.42. The Morgan fingerprint density at radius 3 is 2.28 bits per heavy atom. The molecule has 0 saturated carbocycles. The number of carbonyl (C=O) groups excluding carboxylic acids is 1. The van der Waals surface area contributed by atoms with Crippen molar-refractivity contribution in [1.29, 1.82) is 0 Å². The highest BCUT2D eigenvalue weighted by molar-refractivity contribution is 7.80. The molecule has 0 aliphatic heterocycles. The Balaban J connectivity index is 4.46. The lowest BCUT2D eigenvalue weighted by molar-refractivity contribution is -0.147. The van der Waals surface area contributed by atoms with E-state index < -0.39 is 36.2 Å². The zero-order valence-electron chi connectivity index (χ0n) is 9.83. The molecule has 0 rings (SSSR count). The predicted octanol–water partition coefficient (Wildman–Crippen LogP) is -0.685. The van der Waals surface area contributed by atoms with Gasteiger partial charge in [-0.05, 0) is 19.4 Å². The van der Waals surface area contributed by atoms with Crippen LogP contribution in [0.3, 0.4) is 0 Å². The van der Waals surface area contributed by atoms with Crippen LogP contribution >= 0.6 is 12.6 Å². The minimum absolute atomic E-state index is 0.255. The monoisotopic (exact) mass is 278 g/mol. The van der Waals surface area contributed by atoms with E-state index in [-0.39, 0.29) is 5.75 Å². The molecule has 1 amide bonds. The van der Waals surface area contributed by atoms with Gasteiger partial charge in [-0.15, -0.1) is 0 Å². The Morgan fingerprint density at radius 1 is 1.28 bits per heavy atom. The van der Waals surface area contributed by atoms with Crippen LogP contribution in [-0.2, 0) is 14.4 Å². The van der Waals surface area contributed by atoms with Gasteiger partial charge in [-0.1, -0.05) is 0 Å². The Hall–Kier alpha value is -1.28. The summed E-state index contributed by atoms with van der Waals surface area (Å²) in [6.07, 6.45) is 0.456. The van der Waals surface area contributed by atoms with Crippen molar-refractivity contribution in [2.45, 2.75) is 25.3 Å². The molecule has 7 nitrogen and oxygen atoms in total. The third-order valence-electron chi connectivity index (χ3n) is 2.34. The Morgan fingerprint density at radius 2 is 1.89 bits per heavy atom. The lowest BCUT2D eigenvalue weighted by atomic mass is 10.0. The number of rotatable bonds is 9. The summed E-state index contributed by atoms with van der Waals surface area (Å²) >= 11 is 4.01. The van der Waals surface area contributed by atoms with Crippen molar-refractivity contribution < 1.29 is 24.6 Å². The van der Waals surface area contributed by atoms with Crippen molar-refractivity contribution >= 4 is 30.5 Å². The quantitative estimate of drug-likeness (QED) is 0.355. The number of amides is 1. The first-order chi connectivity index (χ1) is 8.42. The number of aliphatic carboxylic acids is 2. The van der Waals surface area contributed by atoms with Gasteiger partial charge < -0.3 is 21.3 Å². The Labute approximate surface area is 110 Å². The Bertz CT molecular complexity index is 311. The number of hydrogen-bond donors (Lipinski definition) is 5. The molecule has 0 aromatic rings. The molecule has 0 fully saturated rings. The van der Waals surface area contributed by atoms with Gasteiger partial charge in [-0.3, -0.25) is 9.59 Å². The minimum Gasteiger partial charge on any atom is -0.481 e. The van der Waals surface area contributed by atoms with Crippen molar-refractivity contribution in [3.8, 4) is 0 Å². The van der Waals surface area contributed by atoms with Gasteiger partial charge >= 0.3 is 11.9 Å². The highest BCUT2D eigenvalue weighted by atomic mass is 32.1. The number of thiol groups is 1. The molecular weight excluding hydrogens is 260 g/mol. The van der Waals surface area contributed by atoms with E-state index in [1.165, 1.54) is 0 Å². The predicted molar refractivity (Wildman–Crippen MR) is 67.5 cm³/mol. The number of carboxylic acid groups (broad SMARTS) is 2. The number of nitrogens with one attached hydrogen (secondary N) is 1. The summed E-state index contributed by atoms with van der Waals surface area (Å²) in [6.45, 7) is 0.426. The molecule has 0 heterocycles. The molecule has 0 spiro atoms. The second-order valence-electron chi connectivity index (χ2n) is 3.81. The molecule has 0 aromatic carbocycles. The maximum Gasteiger partial charge on any atom is 0.326 e. The first-order valence-corrected chi connectivity index (χ1v) is 6.11. The van der Waals surface area contributed by atoms with Gasteiger partial charge in [0.15, 0.2) is 0 Å². The van der Waals surface area contributed by atoms with Gasteiger partial charge in [0, 0.05) is 11.7 Å². The molecular formula is C10H18N2O5S. The molecule has 5 N–H and O–H groups in total. The van der Waals surface area contributed by atoms with Gasteiger partial charge in [0.05, 0.1) is 6.42 Å². The number of carboxylic acids is 2. The fraction of sp³-hybridized carbons (Fsp3) is 0.700. The molecule has 0 aromatic heterocycles. The van der Waals surface area contributed by atoms with Gasteiger partial charge in [-0.25, -0.2) is 4.79 Å². The van der Waals surface area contributed by atoms with Crippen LogP contribution in [0.25, 0.3) is 0 Å². The fourth-order valence-electron chi connectivity index (χ4n) is 1.33. The maximum absolute atomic E-state index is 11.7. The summed E-state index contributed by atoms with van der Waals surface area (Å²) in [5.74, 6) is -3.38. The van der Waals surface area contributed by atoms with E-state index in [0.717, 1.165) is 0 Å². The zero-order valence-corrected chi connectivity index (χ0v) is 10.7. The summed E-state index contributed by atoms with van der Waals surface area (Å²) in [7, 11) is 0. The average Bonchev–Trinajstić information content (AvgIpc) is 2.28. The van der Waals surface area contributed by atoms with E-state index in [2.05, 4.69) is 17.9 Å². The van der Waals surface area contributed by atoms with Crippen LogP contribution in [0.2, 0.25) is 0 Å².